The maximum absolute atomic E-state index is 10.5. The van der Waals surface area contributed by atoms with Crippen LogP contribution in [0.4, 0.5) is 0 Å². The van der Waals surface area contributed by atoms with Gasteiger partial charge in [-0.2, -0.15) is 0 Å². The second-order valence-electron chi connectivity index (χ2n) is 10.3. The fraction of sp³-hybridized carbons (Fsp3) is 0.576. The molecule has 40 heavy (non-hydrogen) atoms. The number of aliphatic imine (C=N–C) groups is 1. The molecular weight excluding hydrogens is 536 g/mol. The first kappa shape index (κ1) is 37.7. The van der Waals surface area contributed by atoms with E-state index >= 15 is 0 Å². The van der Waals surface area contributed by atoms with Crippen LogP contribution in [0.2, 0.25) is 5.02 Å². The molecule has 0 saturated heterocycles. The summed E-state index contributed by atoms with van der Waals surface area (Å²) in [6.07, 6.45) is 11.2. The van der Waals surface area contributed by atoms with Gasteiger partial charge in [-0.3, -0.25) is 9.79 Å². The monoisotopic (exact) mass is 588 g/mol. The van der Waals surface area contributed by atoms with Crippen LogP contribution in [-0.4, -0.2) is 36.1 Å². The number of rotatable bonds is 14. The molecule has 2 rings (SSSR count). The Morgan fingerprint density at radius 2 is 1.43 bits per heavy atom. The molecule has 0 aliphatic rings. The van der Waals surface area contributed by atoms with Crippen molar-refractivity contribution in [2.24, 2.45) is 4.99 Å². The number of nitrogens with one attached hydrogen (secondary N) is 3. The Kier molecular flexibility index (Phi) is 21.1. The number of unbranched alkanes of at least 4 members (excludes halogenated alkanes) is 6. The number of aryl methyl sites for hydroxylation is 2. The van der Waals surface area contributed by atoms with Crippen molar-refractivity contribution in [3.05, 3.63) is 55.7 Å². The second-order valence-corrected chi connectivity index (χ2v) is 12.2. The summed E-state index contributed by atoms with van der Waals surface area (Å²) in [6.45, 7) is 17.2. The van der Waals surface area contributed by atoms with Gasteiger partial charge in [-0.05, 0) is 65.2 Å². The quantitative estimate of drug-likeness (QED) is 0.149. The Labute approximate surface area is 253 Å². The van der Waals surface area contributed by atoms with Crippen LogP contribution in [0.3, 0.4) is 0 Å². The normalized spacial score (nSPS) is 10.7. The minimum atomic E-state index is 0.0889. The standard InChI is InChI=1S/C17H19ClN2S.C11H23NO.C5H11N/c1-10(19)9-20-17(14-5-7-15(18)8-6-14)16-11(2)12(3)21-13(16)4;1-3-4-5-6-7-8-9-10-12-11(2)13;1-3-4-5(2)6/h5-8,19H,9H2,1-4H3;3-10H2,1-2H3,(H,12,13);6H,3-4H2,1-2H3. The molecule has 0 bridgehead atoms. The summed E-state index contributed by atoms with van der Waals surface area (Å²) in [5, 5.41) is 18.1. The van der Waals surface area contributed by atoms with E-state index in [1.54, 1.807) is 25.2 Å². The zero-order valence-corrected chi connectivity index (χ0v) is 27.8. The van der Waals surface area contributed by atoms with Crippen LogP contribution in [0.5, 0.6) is 0 Å². The largest absolute Gasteiger partial charge is 0.356 e. The number of carbonyl (C=O) groups is 1. The lowest BCUT2D eigenvalue weighted by Crippen LogP contribution is -2.20. The van der Waals surface area contributed by atoms with Crippen molar-refractivity contribution in [3.8, 4) is 0 Å². The SMILES string of the molecule is CC(=N)CN=C(c1ccc(Cl)cc1)c1c(C)sc(C)c1C.CCCC(C)=N.CCCCCCCCCNC(C)=O. The molecule has 0 aliphatic carbocycles. The number of benzene rings is 1. The number of carbonyl (C=O) groups excluding carboxylic acids is 1. The first-order valence-electron chi connectivity index (χ1n) is 14.6. The third kappa shape index (κ3) is 17.4. The van der Waals surface area contributed by atoms with Crippen LogP contribution in [-0.2, 0) is 4.79 Å². The molecule has 1 aromatic carbocycles. The van der Waals surface area contributed by atoms with Gasteiger partial charge in [0.15, 0.2) is 0 Å². The van der Waals surface area contributed by atoms with E-state index in [4.69, 9.17) is 22.4 Å². The third-order valence-corrected chi connectivity index (χ3v) is 7.54. The summed E-state index contributed by atoms with van der Waals surface area (Å²) in [5.74, 6) is 0.0889. The van der Waals surface area contributed by atoms with Crippen LogP contribution in [0.1, 0.15) is 119 Å². The van der Waals surface area contributed by atoms with E-state index in [2.05, 4.69) is 44.9 Å². The number of hydrogen-bond donors (Lipinski definition) is 3. The molecule has 7 heteroatoms. The minimum absolute atomic E-state index is 0.0889. The lowest BCUT2D eigenvalue weighted by Gasteiger charge is -2.09. The number of amides is 1. The Balaban J connectivity index is 0.000000682. The minimum Gasteiger partial charge on any atom is -0.356 e. The highest BCUT2D eigenvalue weighted by Gasteiger charge is 2.16. The molecule has 0 atom stereocenters. The summed E-state index contributed by atoms with van der Waals surface area (Å²) in [6, 6.07) is 7.75. The van der Waals surface area contributed by atoms with Gasteiger partial charge in [0.05, 0.1) is 12.3 Å². The Bertz CT molecular complexity index is 1060. The fourth-order valence-corrected chi connectivity index (χ4v) is 5.18. The first-order valence-corrected chi connectivity index (χ1v) is 15.8. The van der Waals surface area contributed by atoms with Crippen molar-refractivity contribution in [2.45, 2.75) is 113 Å². The summed E-state index contributed by atoms with van der Waals surface area (Å²) in [5.41, 5.74) is 5.82. The van der Waals surface area contributed by atoms with E-state index in [1.807, 2.05) is 31.2 Å². The molecular formula is C33H53ClN4OS. The van der Waals surface area contributed by atoms with Crippen molar-refractivity contribution in [1.29, 1.82) is 10.8 Å². The van der Waals surface area contributed by atoms with Crippen LogP contribution in [0.25, 0.3) is 0 Å². The number of nitrogens with zero attached hydrogens (tertiary/aromatic N) is 1. The summed E-state index contributed by atoms with van der Waals surface area (Å²) in [4.78, 5) is 17.8. The Hall–Kier alpha value is -2.31. The van der Waals surface area contributed by atoms with Gasteiger partial charge in [-0.25, -0.2) is 0 Å². The van der Waals surface area contributed by atoms with E-state index in [1.165, 1.54) is 59.4 Å². The smallest absolute Gasteiger partial charge is 0.216 e. The van der Waals surface area contributed by atoms with E-state index in [9.17, 15) is 4.79 Å². The topological polar surface area (TPSA) is 89.2 Å². The Morgan fingerprint density at radius 1 is 0.850 bits per heavy atom. The molecule has 2 aromatic rings. The number of halogens is 1. The van der Waals surface area contributed by atoms with Gasteiger partial charge in [-0.1, -0.05) is 82.5 Å². The zero-order chi connectivity index (χ0) is 30.5. The van der Waals surface area contributed by atoms with Crippen molar-refractivity contribution >= 4 is 46.0 Å². The van der Waals surface area contributed by atoms with Crippen molar-refractivity contribution in [2.75, 3.05) is 13.1 Å². The lowest BCUT2D eigenvalue weighted by atomic mass is 9.98. The maximum atomic E-state index is 10.5. The molecule has 1 heterocycles. The van der Waals surface area contributed by atoms with E-state index < -0.39 is 0 Å². The van der Waals surface area contributed by atoms with Crippen LogP contribution in [0.15, 0.2) is 29.3 Å². The van der Waals surface area contributed by atoms with E-state index in [-0.39, 0.29) is 5.91 Å². The molecule has 0 aliphatic heterocycles. The zero-order valence-electron chi connectivity index (χ0n) is 26.2. The third-order valence-electron chi connectivity index (χ3n) is 6.17. The second kappa shape index (κ2) is 22.4. The van der Waals surface area contributed by atoms with Gasteiger partial charge < -0.3 is 16.1 Å². The highest BCUT2D eigenvalue weighted by atomic mass is 35.5. The van der Waals surface area contributed by atoms with Crippen LogP contribution < -0.4 is 5.32 Å². The average Bonchev–Trinajstić information content (AvgIpc) is 3.13. The molecule has 0 saturated carbocycles. The molecule has 0 unspecified atom stereocenters. The van der Waals surface area contributed by atoms with Gasteiger partial charge >= 0.3 is 0 Å². The van der Waals surface area contributed by atoms with Gasteiger partial charge in [-0.15, -0.1) is 11.3 Å². The summed E-state index contributed by atoms with van der Waals surface area (Å²) in [7, 11) is 0. The predicted octanol–water partition coefficient (Wildman–Crippen LogP) is 9.90. The highest BCUT2D eigenvalue weighted by molar-refractivity contribution is 7.12. The molecule has 0 spiro atoms. The summed E-state index contributed by atoms with van der Waals surface area (Å²) < 4.78 is 0. The van der Waals surface area contributed by atoms with E-state index in [0.29, 0.717) is 12.3 Å². The maximum Gasteiger partial charge on any atom is 0.216 e. The van der Waals surface area contributed by atoms with Gasteiger partial charge in [0.1, 0.15) is 0 Å². The number of hydrogen-bond acceptors (Lipinski definition) is 5. The predicted molar refractivity (Wildman–Crippen MR) is 179 cm³/mol. The molecule has 1 amide bonds. The first-order chi connectivity index (χ1) is 18.9. The van der Waals surface area contributed by atoms with Gasteiger partial charge in [0.2, 0.25) is 5.91 Å². The molecule has 0 radical (unpaired) electrons. The molecule has 1 aromatic heterocycles. The van der Waals surface area contributed by atoms with Crippen molar-refractivity contribution in [3.63, 3.8) is 0 Å². The van der Waals surface area contributed by atoms with Gasteiger partial charge in [0, 0.05) is 50.8 Å². The molecule has 5 nitrogen and oxygen atoms in total. The lowest BCUT2D eigenvalue weighted by molar-refractivity contribution is -0.118. The van der Waals surface area contributed by atoms with Crippen molar-refractivity contribution in [1.82, 2.24) is 5.32 Å². The van der Waals surface area contributed by atoms with Crippen LogP contribution in [0, 0.1) is 31.6 Å². The van der Waals surface area contributed by atoms with E-state index in [0.717, 1.165) is 47.8 Å². The molecule has 0 fully saturated rings. The fourth-order valence-electron chi connectivity index (χ4n) is 3.98. The average molecular weight is 589 g/mol. The Morgan fingerprint density at radius 3 is 1.85 bits per heavy atom. The van der Waals surface area contributed by atoms with Crippen molar-refractivity contribution < 1.29 is 4.79 Å². The molecule has 3 N–H and O–H groups in total. The number of thiophene rings is 1. The van der Waals surface area contributed by atoms with Crippen LogP contribution >= 0.6 is 22.9 Å². The highest BCUT2D eigenvalue weighted by Crippen LogP contribution is 2.29. The van der Waals surface area contributed by atoms with Gasteiger partial charge in [0.25, 0.3) is 0 Å². The molecule has 224 valence electrons. The summed E-state index contributed by atoms with van der Waals surface area (Å²) >= 11 is 7.78.